The highest BCUT2D eigenvalue weighted by molar-refractivity contribution is 5.89. The van der Waals surface area contributed by atoms with Gasteiger partial charge in [-0.25, -0.2) is 4.79 Å². The van der Waals surface area contributed by atoms with Crippen molar-refractivity contribution in [2.45, 2.75) is 26.7 Å². The van der Waals surface area contributed by atoms with Gasteiger partial charge < -0.3 is 14.0 Å². The number of esters is 1. The Morgan fingerprint density at radius 2 is 1.71 bits per heavy atom. The molecule has 1 aromatic carbocycles. The third kappa shape index (κ3) is 5.76. The van der Waals surface area contributed by atoms with Crippen LogP contribution in [0.3, 0.4) is 0 Å². The largest absolute Gasteiger partial charge is 0.497 e. The van der Waals surface area contributed by atoms with Gasteiger partial charge in [0.25, 0.3) is 0 Å². The number of hydrogen-bond donors (Lipinski definition) is 0. The van der Waals surface area contributed by atoms with Gasteiger partial charge in [0.1, 0.15) is 5.75 Å². The molecule has 1 rings (SSSR count). The van der Waals surface area contributed by atoms with Crippen molar-refractivity contribution in [3.05, 3.63) is 29.8 Å². The lowest BCUT2D eigenvalue weighted by Crippen LogP contribution is -2.44. The topological polar surface area (TPSA) is 35.5 Å². The van der Waals surface area contributed by atoms with Crippen molar-refractivity contribution in [2.75, 3.05) is 40.4 Å². The molecule has 0 saturated carbocycles. The minimum absolute atomic E-state index is 0.263. The first-order valence-electron chi connectivity index (χ1n) is 7.69. The Labute approximate surface area is 128 Å². The minimum atomic E-state index is -0.263. The molecule has 0 amide bonds. The first-order valence-corrected chi connectivity index (χ1v) is 7.69. The number of unbranched alkanes of at least 4 members (excludes halogenated alkanes) is 1. The fourth-order valence-corrected chi connectivity index (χ4v) is 2.11. The van der Waals surface area contributed by atoms with E-state index in [-0.39, 0.29) is 5.97 Å². The first kappa shape index (κ1) is 17.5. The quantitative estimate of drug-likeness (QED) is 0.399. The number of ether oxygens (including phenoxy) is 2. The van der Waals surface area contributed by atoms with E-state index >= 15 is 0 Å². The van der Waals surface area contributed by atoms with Crippen LogP contribution in [0.1, 0.15) is 37.0 Å². The van der Waals surface area contributed by atoms with Gasteiger partial charge in [0, 0.05) is 0 Å². The third-order valence-electron chi connectivity index (χ3n) is 4.18. The number of methoxy groups -OCH3 is 1. The molecule has 4 nitrogen and oxygen atoms in total. The number of rotatable bonds is 9. The molecule has 0 N–H and O–H groups in total. The highest BCUT2D eigenvalue weighted by Gasteiger charge is 2.15. The fraction of sp³-hybridized carbons (Fsp3) is 0.588. The van der Waals surface area contributed by atoms with Gasteiger partial charge in [-0.3, -0.25) is 0 Å². The number of quaternary nitrogens is 1. The van der Waals surface area contributed by atoms with Gasteiger partial charge in [0.05, 0.1) is 46.0 Å². The maximum Gasteiger partial charge on any atom is 0.338 e. The van der Waals surface area contributed by atoms with Crippen molar-refractivity contribution in [3.63, 3.8) is 0 Å². The molecule has 0 unspecified atom stereocenters. The molecule has 0 heterocycles. The molecule has 0 aliphatic rings. The van der Waals surface area contributed by atoms with Crippen LogP contribution in [0, 0.1) is 0 Å². The molecule has 4 heteroatoms. The SMILES string of the molecule is CC[N+](C)(CC)CCCCOC(=O)c1ccc(OC)cc1. The van der Waals surface area contributed by atoms with Gasteiger partial charge >= 0.3 is 5.97 Å². The van der Waals surface area contributed by atoms with Crippen LogP contribution >= 0.6 is 0 Å². The zero-order valence-electron chi connectivity index (χ0n) is 13.7. The summed E-state index contributed by atoms with van der Waals surface area (Å²) in [5, 5.41) is 0. The molecule has 0 saturated heterocycles. The maximum atomic E-state index is 11.8. The normalized spacial score (nSPS) is 11.2. The number of carbonyl (C=O) groups excluding carboxylic acids is 1. The Hall–Kier alpha value is -1.55. The predicted octanol–water partition coefficient (Wildman–Crippen LogP) is 3.12. The van der Waals surface area contributed by atoms with Gasteiger partial charge in [-0.1, -0.05) is 0 Å². The van der Waals surface area contributed by atoms with Crippen molar-refractivity contribution in [3.8, 4) is 5.75 Å². The zero-order chi connectivity index (χ0) is 15.7. The number of benzene rings is 1. The molecule has 21 heavy (non-hydrogen) atoms. The average molecular weight is 294 g/mol. The van der Waals surface area contributed by atoms with E-state index in [2.05, 4.69) is 20.9 Å². The molecular formula is C17H28NO3+. The molecule has 0 fully saturated rings. The van der Waals surface area contributed by atoms with E-state index in [1.54, 1.807) is 31.4 Å². The molecule has 0 radical (unpaired) electrons. The van der Waals surface area contributed by atoms with Crippen molar-refractivity contribution in [1.29, 1.82) is 0 Å². The van der Waals surface area contributed by atoms with E-state index in [9.17, 15) is 4.79 Å². The molecule has 118 valence electrons. The Bertz CT molecular complexity index is 424. The second kappa shape index (κ2) is 8.67. The zero-order valence-corrected chi connectivity index (χ0v) is 13.7. The van der Waals surface area contributed by atoms with Crippen LogP contribution in [0.5, 0.6) is 5.75 Å². The summed E-state index contributed by atoms with van der Waals surface area (Å²) in [5.74, 6) is 0.476. The Morgan fingerprint density at radius 3 is 2.24 bits per heavy atom. The Morgan fingerprint density at radius 1 is 1.10 bits per heavy atom. The predicted molar refractivity (Wildman–Crippen MR) is 84.6 cm³/mol. The molecule has 0 aliphatic carbocycles. The molecule has 0 bridgehead atoms. The van der Waals surface area contributed by atoms with Crippen LogP contribution in [0.15, 0.2) is 24.3 Å². The summed E-state index contributed by atoms with van der Waals surface area (Å²) >= 11 is 0. The molecule has 0 aromatic heterocycles. The van der Waals surface area contributed by atoms with Crippen LogP contribution < -0.4 is 4.74 Å². The van der Waals surface area contributed by atoms with Crippen LogP contribution in [0.25, 0.3) is 0 Å². The summed E-state index contributed by atoms with van der Waals surface area (Å²) in [5.41, 5.74) is 0.568. The Kier molecular flexibility index (Phi) is 7.23. The summed E-state index contributed by atoms with van der Waals surface area (Å²) in [6.45, 7) is 8.33. The molecular weight excluding hydrogens is 266 g/mol. The summed E-state index contributed by atoms with van der Waals surface area (Å²) < 4.78 is 11.4. The summed E-state index contributed by atoms with van der Waals surface area (Å²) in [7, 11) is 3.87. The standard InChI is InChI=1S/C17H28NO3/c1-5-18(3,6-2)13-7-8-14-21-17(19)15-9-11-16(20-4)12-10-15/h9-12H,5-8,13-14H2,1-4H3/q+1. The lowest BCUT2D eigenvalue weighted by molar-refractivity contribution is -0.906. The van der Waals surface area contributed by atoms with Crippen LogP contribution in [-0.2, 0) is 4.74 Å². The second-order valence-electron chi connectivity index (χ2n) is 5.55. The maximum absolute atomic E-state index is 11.8. The van der Waals surface area contributed by atoms with E-state index in [4.69, 9.17) is 9.47 Å². The van der Waals surface area contributed by atoms with E-state index in [0.717, 1.165) is 42.7 Å². The summed E-state index contributed by atoms with van der Waals surface area (Å²) in [6, 6.07) is 6.98. The molecule has 0 atom stereocenters. The molecule has 0 aliphatic heterocycles. The van der Waals surface area contributed by atoms with Crippen molar-refractivity contribution < 1.29 is 18.8 Å². The van der Waals surface area contributed by atoms with Crippen LogP contribution in [-0.4, -0.2) is 50.9 Å². The average Bonchev–Trinajstić information content (AvgIpc) is 2.54. The lowest BCUT2D eigenvalue weighted by atomic mass is 10.2. The number of carbonyl (C=O) groups is 1. The first-order chi connectivity index (χ1) is 10.0. The minimum Gasteiger partial charge on any atom is -0.497 e. The van der Waals surface area contributed by atoms with Gasteiger partial charge in [0.15, 0.2) is 0 Å². The smallest absolute Gasteiger partial charge is 0.338 e. The third-order valence-corrected chi connectivity index (χ3v) is 4.18. The lowest BCUT2D eigenvalue weighted by Gasteiger charge is -2.32. The van der Waals surface area contributed by atoms with E-state index in [1.807, 2.05) is 0 Å². The highest BCUT2D eigenvalue weighted by Crippen LogP contribution is 2.12. The van der Waals surface area contributed by atoms with E-state index in [1.165, 1.54) is 0 Å². The second-order valence-corrected chi connectivity index (χ2v) is 5.55. The van der Waals surface area contributed by atoms with Crippen molar-refractivity contribution in [2.24, 2.45) is 0 Å². The molecule has 0 spiro atoms. The molecule has 1 aromatic rings. The number of hydrogen-bond acceptors (Lipinski definition) is 3. The van der Waals surface area contributed by atoms with Crippen molar-refractivity contribution in [1.82, 2.24) is 0 Å². The number of nitrogens with zero attached hydrogens (tertiary/aromatic N) is 1. The van der Waals surface area contributed by atoms with Gasteiger partial charge in [-0.05, 0) is 51.0 Å². The highest BCUT2D eigenvalue weighted by atomic mass is 16.5. The van der Waals surface area contributed by atoms with Crippen LogP contribution in [0.4, 0.5) is 0 Å². The van der Waals surface area contributed by atoms with Crippen molar-refractivity contribution >= 4 is 5.97 Å². The Balaban J connectivity index is 2.27. The monoisotopic (exact) mass is 294 g/mol. The van der Waals surface area contributed by atoms with Gasteiger partial charge in [-0.15, -0.1) is 0 Å². The summed E-state index contributed by atoms with van der Waals surface area (Å²) in [4.78, 5) is 11.8. The van der Waals surface area contributed by atoms with E-state index in [0.29, 0.717) is 12.2 Å². The fourth-order valence-electron chi connectivity index (χ4n) is 2.11. The van der Waals surface area contributed by atoms with Gasteiger partial charge in [0.2, 0.25) is 0 Å². The van der Waals surface area contributed by atoms with Crippen LogP contribution in [0.2, 0.25) is 0 Å². The van der Waals surface area contributed by atoms with E-state index < -0.39 is 0 Å². The van der Waals surface area contributed by atoms with Gasteiger partial charge in [-0.2, -0.15) is 0 Å². The summed E-state index contributed by atoms with van der Waals surface area (Å²) in [6.07, 6.45) is 1.99.